The van der Waals surface area contributed by atoms with Crippen molar-refractivity contribution in [3.05, 3.63) is 0 Å². The number of hydrogen-bond acceptors (Lipinski definition) is 3. The van der Waals surface area contributed by atoms with Crippen molar-refractivity contribution in [2.24, 2.45) is 0 Å². The summed E-state index contributed by atoms with van der Waals surface area (Å²) in [5, 5.41) is 25.2. The Kier molecular flexibility index (Phi) is 3.16. The van der Waals surface area contributed by atoms with Gasteiger partial charge in [-0.3, -0.25) is 0 Å². The molecule has 0 saturated heterocycles. The molecule has 0 saturated carbocycles. The van der Waals surface area contributed by atoms with Gasteiger partial charge in [-0.1, -0.05) is 0 Å². The fourth-order valence-electron chi connectivity index (χ4n) is 0.264. The summed E-state index contributed by atoms with van der Waals surface area (Å²) in [7, 11) is 0. The number of rotatable bonds is 2. The molecule has 0 amide bonds. The Hall–Kier alpha value is -0.590. The summed E-state index contributed by atoms with van der Waals surface area (Å²) in [4.78, 5) is 0. The fraction of sp³-hybridized carbons (Fsp3) is 0.800. The van der Waals surface area contributed by atoms with Crippen molar-refractivity contribution in [1.82, 2.24) is 0 Å². The molecular weight excluding hydrogens is 106 g/mol. The highest BCUT2D eigenvalue weighted by Crippen LogP contribution is 1.94. The van der Waals surface area contributed by atoms with Crippen molar-refractivity contribution in [3.63, 3.8) is 0 Å². The second kappa shape index (κ2) is 3.42. The Morgan fingerprint density at radius 3 is 2.25 bits per heavy atom. The average Bonchev–Trinajstić information content (AvgIpc) is 1.67. The molecule has 0 rings (SSSR count). The second-order valence-corrected chi connectivity index (χ2v) is 1.67. The summed E-state index contributed by atoms with van der Waals surface area (Å²) in [6, 6.07) is 1.74. The molecule has 0 spiro atoms. The van der Waals surface area contributed by atoms with E-state index < -0.39 is 12.2 Å². The molecule has 0 fully saturated rings. The van der Waals surface area contributed by atoms with Gasteiger partial charge in [0.05, 0.1) is 24.7 Å². The molecule has 3 heteroatoms. The minimum atomic E-state index is -0.889. The zero-order valence-electron chi connectivity index (χ0n) is 4.70. The topological polar surface area (TPSA) is 64.2 Å². The summed E-state index contributed by atoms with van der Waals surface area (Å²) in [6.45, 7) is 1.45. The molecule has 0 aliphatic heterocycles. The van der Waals surface area contributed by atoms with Gasteiger partial charge in [-0.15, -0.1) is 0 Å². The van der Waals surface area contributed by atoms with E-state index in [0.29, 0.717) is 0 Å². The Balaban J connectivity index is 3.35. The molecule has 46 valence electrons. The molecule has 2 atom stereocenters. The lowest BCUT2D eigenvalue weighted by Gasteiger charge is -2.07. The number of aliphatic hydroxyl groups excluding tert-OH is 2. The van der Waals surface area contributed by atoms with Crippen LogP contribution >= 0.6 is 0 Å². The molecule has 8 heavy (non-hydrogen) atoms. The third kappa shape index (κ3) is 2.56. The van der Waals surface area contributed by atoms with Crippen molar-refractivity contribution in [2.75, 3.05) is 0 Å². The van der Waals surface area contributed by atoms with E-state index in [4.69, 9.17) is 15.5 Å². The first kappa shape index (κ1) is 7.41. The van der Waals surface area contributed by atoms with E-state index in [1.807, 2.05) is 0 Å². The first-order chi connectivity index (χ1) is 3.68. The van der Waals surface area contributed by atoms with Gasteiger partial charge in [-0.05, 0) is 6.92 Å². The van der Waals surface area contributed by atoms with Crippen LogP contribution in [0.2, 0.25) is 0 Å². The Labute approximate surface area is 48.2 Å². The minimum absolute atomic E-state index is 0.00231. The third-order valence-corrected chi connectivity index (χ3v) is 0.857. The second-order valence-electron chi connectivity index (χ2n) is 1.67. The standard InChI is InChI=1S/C5H9NO2/c1-4(7)5(8)2-3-6/h4-5,7-8H,2H2,1H3. The molecule has 0 bridgehead atoms. The van der Waals surface area contributed by atoms with Crippen molar-refractivity contribution in [3.8, 4) is 6.07 Å². The molecule has 3 nitrogen and oxygen atoms in total. The molecule has 0 aromatic carbocycles. The molecule has 0 heterocycles. The molecule has 0 aromatic rings. The van der Waals surface area contributed by atoms with Gasteiger partial charge in [0.1, 0.15) is 0 Å². The van der Waals surface area contributed by atoms with Crippen molar-refractivity contribution in [1.29, 1.82) is 5.26 Å². The Morgan fingerprint density at radius 2 is 2.12 bits per heavy atom. The van der Waals surface area contributed by atoms with E-state index in [0.717, 1.165) is 0 Å². The van der Waals surface area contributed by atoms with E-state index in [9.17, 15) is 0 Å². The highest BCUT2D eigenvalue weighted by Gasteiger charge is 2.08. The lowest BCUT2D eigenvalue weighted by atomic mass is 10.2. The minimum Gasteiger partial charge on any atom is -0.391 e. The Bertz CT molecular complexity index is 95.1. The normalized spacial score (nSPS) is 16.8. The van der Waals surface area contributed by atoms with Crippen molar-refractivity contribution >= 4 is 0 Å². The lowest BCUT2D eigenvalue weighted by Crippen LogP contribution is -2.21. The molecule has 0 aliphatic rings. The van der Waals surface area contributed by atoms with Crippen LogP contribution in [0.15, 0.2) is 0 Å². The van der Waals surface area contributed by atoms with Gasteiger partial charge in [0.25, 0.3) is 0 Å². The molecule has 0 radical (unpaired) electrons. The zero-order chi connectivity index (χ0) is 6.57. The smallest absolute Gasteiger partial charge is 0.0925 e. The quantitative estimate of drug-likeness (QED) is 0.516. The lowest BCUT2D eigenvalue weighted by molar-refractivity contribution is 0.0347. The van der Waals surface area contributed by atoms with Crippen LogP contribution in [0.3, 0.4) is 0 Å². The van der Waals surface area contributed by atoms with Gasteiger partial charge in [-0.2, -0.15) is 5.26 Å². The first-order valence-electron chi connectivity index (χ1n) is 2.41. The predicted octanol–water partition coefficient (Wildman–Crippen LogP) is -0.358. The van der Waals surface area contributed by atoms with Crippen LogP contribution in [0.5, 0.6) is 0 Å². The zero-order valence-corrected chi connectivity index (χ0v) is 4.70. The van der Waals surface area contributed by atoms with Crippen LogP contribution in [0.4, 0.5) is 0 Å². The van der Waals surface area contributed by atoms with E-state index in [1.54, 1.807) is 6.07 Å². The van der Waals surface area contributed by atoms with E-state index in [2.05, 4.69) is 0 Å². The number of nitrogens with zero attached hydrogens (tertiary/aromatic N) is 1. The highest BCUT2D eigenvalue weighted by atomic mass is 16.3. The third-order valence-electron chi connectivity index (χ3n) is 0.857. The van der Waals surface area contributed by atoms with Crippen molar-refractivity contribution < 1.29 is 10.2 Å². The van der Waals surface area contributed by atoms with Gasteiger partial charge >= 0.3 is 0 Å². The van der Waals surface area contributed by atoms with Crippen LogP contribution in [-0.4, -0.2) is 22.4 Å². The fourth-order valence-corrected chi connectivity index (χ4v) is 0.264. The summed E-state index contributed by atoms with van der Waals surface area (Å²) in [6.07, 6.45) is -1.69. The van der Waals surface area contributed by atoms with Gasteiger partial charge in [0.2, 0.25) is 0 Å². The number of nitriles is 1. The summed E-state index contributed by atoms with van der Waals surface area (Å²) >= 11 is 0. The largest absolute Gasteiger partial charge is 0.391 e. The maximum absolute atomic E-state index is 8.65. The highest BCUT2D eigenvalue weighted by molar-refractivity contribution is 4.77. The Morgan fingerprint density at radius 1 is 1.62 bits per heavy atom. The molecule has 0 aliphatic carbocycles. The average molecular weight is 115 g/mol. The van der Waals surface area contributed by atoms with Gasteiger partial charge < -0.3 is 10.2 Å². The summed E-state index contributed by atoms with van der Waals surface area (Å²) in [5.41, 5.74) is 0. The number of hydrogen-bond donors (Lipinski definition) is 2. The van der Waals surface area contributed by atoms with Gasteiger partial charge in [-0.25, -0.2) is 0 Å². The summed E-state index contributed by atoms with van der Waals surface area (Å²) in [5.74, 6) is 0. The molecule has 2 unspecified atom stereocenters. The van der Waals surface area contributed by atoms with E-state index >= 15 is 0 Å². The van der Waals surface area contributed by atoms with Crippen LogP contribution < -0.4 is 0 Å². The summed E-state index contributed by atoms with van der Waals surface area (Å²) < 4.78 is 0. The maximum atomic E-state index is 8.65. The van der Waals surface area contributed by atoms with Crippen LogP contribution in [0, 0.1) is 11.3 Å². The van der Waals surface area contributed by atoms with E-state index in [1.165, 1.54) is 6.92 Å². The van der Waals surface area contributed by atoms with Crippen LogP contribution in [0.25, 0.3) is 0 Å². The van der Waals surface area contributed by atoms with Gasteiger partial charge in [0.15, 0.2) is 0 Å². The molecule has 2 N–H and O–H groups in total. The predicted molar refractivity (Wildman–Crippen MR) is 27.9 cm³/mol. The SMILES string of the molecule is CC(O)C(O)CC#N. The van der Waals surface area contributed by atoms with Crippen LogP contribution in [-0.2, 0) is 0 Å². The van der Waals surface area contributed by atoms with Crippen LogP contribution in [0.1, 0.15) is 13.3 Å². The number of aliphatic hydroxyl groups is 2. The maximum Gasteiger partial charge on any atom is 0.0925 e. The molecular formula is C5H9NO2. The monoisotopic (exact) mass is 115 g/mol. The molecule has 0 aromatic heterocycles. The van der Waals surface area contributed by atoms with E-state index in [-0.39, 0.29) is 6.42 Å². The first-order valence-corrected chi connectivity index (χ1v) is 2.41. The van der Waals surface area contributed by atoms with Crippen molar-refractivity contribution in [2.45, 2.75) is 25.6 Å². The van der Waals surface area contributed by atoms with Gasteiger partial charge in [0, 0.05) is 0 Å².